The molecule has 1 aromatic heterocycles. The number of aryl methyl sites for hydroxylation is 3. The fraction of sp³-hybridized carbons (Fsp3) is 0.375. The molecule has 0 amide bonds. The van der Waals surface area contributed by atoms with Crippen LogP contribution in [0, 0.1) is 13.8 Å². The van der Waals surface area contributed by atoms with E-state index in [1.54, 1.807) is 7.11 Å². The predicted molar refractivity (Wildman–Crippen MR) is 78.3 cm³/mol. The number of halogens is 1. The molecule has 0 N–H and O–H groups in total. The van der Waals surface area contributed by atoms with Crippen LogP contribution in [0.4, 0.5) is 0 Å². The van der Waals surface area contributed by atoms with E-state index in [4.69, 9.17) is 20.8 Å². The Morgan fingerprint density at radius 2 is 1.84 bits per heavy atom. The van der Waals surface area contributed by atoms with E-state index in [1.165, 1.54) is 0 Å². The minimum Gasteiger partial charge on any atom is -0.496 e. The normalized spacial score (nSPS) is 12.5. The molecule has 19 heavy (non-hydrogen) atoms. The van der Waals surface area contributed by atoms with Gasteiger partial charge in [-0.1, -0.05) is 19.1 Å². The minimum atomic E-state index is -0.261. The van der Waals surface area contributed by atoms with Gasteiger partial charge in [0.15, 0.2) is 0 Å². The van der Waals surface area contributed by atoms with E-state index in [0.717, 1.165) is 40.4 Å². The number of hydrogen-bond donors (Lipinski definition) is 0. The summed E-state index contributed by atoms with van der Waals surface area (Å²) in [6.45, 7) is 6.12. The van der Waals surface area contributed by atoms with Gasteiger partial charge in [-0.25, -0.2) is 0 Å². The molecule has 2 rings (SSSR count). The van der Waals surface area contributed by atoms with Gasteiger partial charge in [-0.05, 0) is 42.7 Å². The molecule has 0 aliphatic heterocycles. The molecular formula is C16H19ClO2. The first-order chi connectivity index (χ1) is 9.06. The molecule has 3 heteroatoms. The van der Waals surface area contributed by atoms with Crippen LogP contribution in [-0.4, -0.2) is 7.11 Å². The molecular weight excluding hydrogens is 260 g/mol. The SMILES string of the molecule is CCc1ccc(C(Cl)c2cc(C)c(OC)c(C)c2)o1. The zero-order valence-corrected chi connectivity index (χ0v) is 12.5. The van der Waals surface area contributed by atoms with Crippen LogP contribution in [0.5, 0.6) is 5.75 Å². The second-order valence-electron chi connectivity index (χ2n) is 4.71. The Morgan fingerprint density at radius 3 is 2.32 bits per heavy atom. The van der Waals surface area contributed by atoms with E-state index in [9.17, 15) is 0 Å². The van der Waals surface area contributed by atoms with Gasteiger partial charge in [-0.3, -0.25) is 0 Å². The minimum absolute atomic E-state index is 0.261. The van der Waals surface area contributed by atoms with E-state index < -0.39 is 0 Å². The van der Waals surface area contributed by atoms with Crippen molar-refractivity contribution in [3.8, 4) is 5.75 Å². The molecule has 1 atom stereocenters. The Labute approximate surface area is 119 Å². The molecule has 2 nitrogen and oxygen atoms in total. The first-order valence-corrected chi connectivity index (χ1v) is 6.88. The lowest BCUT2D eigenvalue weighted by Crippen LogP contribution is -1.97. The molecule has 1 aromatic carbocycles. The van der Waals surface area contributed by atoms with Gasteiger partial charge in [0, 0.05) is 6.42 Å². The van der Waals surface area contributed by atoms with Crippen molar-refractivity contribution < 1.29 is 9.15 Å². The van der Waals surface area contributed by atoms with Crippen LogP contribution in [0.1, 0.15) is 40.5 Å². The topological polar surface area (TPSA) is 22.4 Å². The van der Waals surface area contributed by atoms with Crippen LogP contribution in [0.15, 0.2) is 28.7 Å². The van der Waals surface area contributed by atoms with Crippen molar-refractivity contribution in [2.45, 2.75) is 32.6 Å². The molecule has 0 bridgehead atoms. The Morgan fingerprint density at radius 1 is 1.21 bits per heavy atom. The first-order valence-electron chi connectivity index (χ1n) is 6.44. The summed E-state index contributed by atoms with van der Waals surface area (Å²) in [6, 6.07) is 8.04. The summed E-state index contributed by atoms with van der Waals surface area (Å²) in [4.78, 5) is 0. The molecule has 0 radical (unpaired) electrons. The van der Waals surface area contributed by atoms with Gasteiger partial charge < -0.3 is 9.15 Å². The van der Waals surface area contributed by atoms with E-state index >= 15 is 0 Å². The van der Waals surface area contributed by atoms with Gasteiger partial charge in [0.05, 0.1) is 7.11 Å². The van der Waals surface area contributed by atoms with Gasteiger partial charge in [0.2, 0.25) is 0 Å². The number of methoxy groups -OCH3 is 1. The highest BCUT2D eigenvalue weighted by Gasteiger charge is 2.17. The van der Waals surface area contributed by atoms with E-state index in [-0.39, 0.29) is 5.38 Å². The van der Waals surface area contributed by atoms with Crippen LogP contribution in [0.3, 0.4) is 0 Å². The standard InChI is InChI=1S/C16H19ClO2/c1-5-13-6-7-14(19-13)15(17)12-8-10(2)16(18-4)11(3)9-12/h6-9,15H,5H2,1-4H3. The summed E-state index contributed by atoms with van der Waals surface area (Å²) in [5.41, 5.74) is 3.21. The van der Waals surface area contributed by atoms with Crippen molar-refractivity contribution in [2.24, 2.45) is 0 Å². The molecule has 0 spiro atoms. The molecule has 0 saturated carbocycles. The number of benzene rings is 1. The Bertz CT molecular complexity index is 549. The summed E-state index contributed by atoms with van der Waals surface area (Å²) in [5.74, 6) is 2.67. The van der Waals surface area contributed by atoms with Crippen LogP contribution in [0.2, 0.25) is 0 Å². The van der Waals surface area contributed by atoms with Crippen LogP contribution < -0.4 is 4.74 Å². The maximum Gasteiger partial charge on any atom is 0.126 e. The average molecular weight is 279 g/mol. The van der Waals surface area contributed by atoms with Crippen molar-refractivity contribution in [3.05, 3.63) is 52.5 Å². The van der Waals surface area contributed by atoms with E-state index in [1.807, 2.05) is 26.0 Å². The molecule has 2 aromatic rings. The highest BCUT2D eigenvalue weighted by molar-refractivity contribution is 6.22. The summed E-state index contributed by atoms with van der Waals surface area (Å²) in [6.07, 6.45) is 0.879. The monoisotopic (exact) mass is 278 g/mol. The maximum absolute atomic E-state index is 6.51. The van der Waals surface area contributed by atoms with Crippen molar-refractivity contribution in [2.75, 3.05) is 7.11 Å². The van der Waals surface area contributed by atoms with E-state index in [2.05, 4.69) is 19.1 Å². The fourth-order valence-electron chi connectivity index (χ4n) is 2.34. The van der Waals surface area contributed by atoms with E-state index in [0.29, 0.717) is 0 Å². The zero-order valence-electron chi connectivity index (χ0n) is 11.8. The van der Waals surface area contributed by atoms with Crippen molar-refractivity contribution in [1.82, 2.24) is 0 Å². The van der Waals surface area contributed by atoms with Crippen LogP contribution in [-0.2, 0) is 6.42 Å². The predicted octanol–water partition coefficient (Wildman–Crippen LogP) is 4.80. The number of ether oxygens (including phenoxy) is 1. The Kier molecular flexibility index (Phi) is 4.20. The van der Waals surface area contributed by atoms with Crippen LogP contribution >= 0.6 is 11.6 Å². The average Bonchev–Trinajstić information content (AvgIpc) is 2.86. The Balaban J connectivity index is 2.36. The lowest BCUT2D eigenvalue weighted by Gasteiger charge is -2.13. The van der Waals surface area contributed by atoms with Crippen molar-refractivity contribution in [3.63, 3.8) is 0 Å². The number of hydrogen-bond acceptors (Lipinski definition) is 2. The van der Waals surface area contributed by atoms with Gasteiger partial charge in [-0.15, -0.1) is 11.6 Å². The molecule has 0 fully saturated rings. The largest absolute Gasteiger partial charge is 0.496 e. The summed E-state index contributed by atoms with van der Waals surface area (Å²) in [7, 11) is 1.69. The summed E-state index contributed by atoms with van der Waals surface area (Å²) >= 11 is 6.51. The first kappa shape index (κ1) is 14.0. The lowest BCUT2D eigenvalue weighted by atomic mass is 10.0. The molecule has 1 unspecified atom stereocenters. The highest BCUT2D eigenvalue weighted by atomic mass is 35.5. The molecule has 0 aliphatic rings. The third-order valence-corrected chi connectivity index (χ3v) is 3.73. The fourth-order valence-corrected chi connectivity index (χ4v) is 2.58. The number of alkyl halides is 1. The number of furan rings is 1. The second-order valence-corrected chi connectivity index (χ2v) is 5.14. The summed E-state index contributed by atoms with van der Waals surface area (Å²) < 4.78 is 11.1. The third-order valence-electron chi connectivity index (χ3n) is 3.26. The van der Waals surface area contributed by atoms with Gasteiger partial charge in [-0.2, -0.15) is 0 Å². The second kappa shape index (κ2) is 5.70. The molecule has 102 valence electrons. The molecule has 1 heterocycles. The summed E-state index contributed by atoms with van der Waals surface area (Å²) in [5, 5.41) is -0.261. The van der Waals surface area contributed by atoms with Crippen LogP contribution in [0.25, 0.3) is 0 Å². The highest BCUT2D eigenvalue weighted by Crippen LogP contribution is 2.34. The number of rotatable bonds is 4. The zero-order chi connectivity index (χ0) is 14.0. The van der Waals surface area contributed by atoms with Gasteiger partial charge >= 0.3 is 0 Å². The molecule has 0 saturated heterocycles. The Hall–Kier alpha value is -1.41. The lowest BCUT2D eigenvalue weighted by molar-refractivity contribution is 0.408. The maximum atomic E-state index is 6.51. The van der Waals surface area contributed by atoms with Gasteiger partial charge in [0.25, 0.3) is 0 Å². The smallest absolute Gasteiger partial charge is 0.126 e. The quantitative estimate of drug-likeness (QED) is 0.750. The third kappa shape index (κ3) is 2.79. The van der Waals surface area contributed by atoms with Gasteiger partial charge in [0.1, 0.15) is 22.6 Å². The molecule has 0 aliphatic carbocycles. The van der Waals surface area contributed by atoms with Crippen molar-refractivity contribution >= 4 is 11.6 Å². The van der Waals surface area contributed by atoms with Crippen molar-refractivity contribution in [1.29, 1.82) is 0 Å².